The molecule has 0 heterocycles. The van der Waals surface area contributed by atoms with E-state index in [2.05, 4.69) is 4.74 Å². The Hall–Kier alpha value is -2.31. The van der Waals surface area contributed by atoms with E-state index in [1.54, 1.807) is 0 Å². The fraction of sp³-hybridized carbons (Fsp3) is 0.333. The largest absolute Gasteiger partial charge is 0.465 e. The number of esters is 1. The molecule has 0 radical (unpaired) electrons. The number of benzene rings is 1. The zero-order chi connectivity index (χ0) is 17.2. The van der Waals surface area contributed by atoms with Crippen molar-refractivity contribution in [2.45, 2.75) is 19.0 Å². The van der Waals surface area contributed by atoms with Gasteiger partial charge in [0.1, 0.15) is 5.56 Å². The normalized spacial score (nSPS) is 12.7. The lowest BCUT2D eigenvalue weighted by Crippen LogP contribution is -2.22. The van der Waals surface area contributed by atoms with Crippen molar-refractivity contribution in [2.75, 3.05) is 6.61 Å². The second kappa shape index (κ2) is 6.21. The molecule has 1 aromatic carbocycles. The fourth-order valence-electron chi connectivity index (χ4n) is 1.61. The molecule has 10 heteroatoms. The SMILES string of the molecule is CCOC(=O)[C@@H](C#N)c1c(F)c(F)c(C(F)(F)F)c(F)c1F. The van der Waals surface area contributed by atoms with Crippen LogP contribution >= 0.6 is 0 Å². The van der Waals surface area contributed by atoms with Crippen LogP contribution in [0.5, 0.6) is 0 Å². The molecule has 0 bridgehead atoms. The number of rotatable bonds is 3. The fourth-order valence-corrected chi connectivity index (χ4v) is 1.61. The van der Waals surface area contributed by atoms with Crippen LogP contribution in [0.4, 0.5) is 30.7 Å². The van der Waals surface area contributed by atoms with Crippen LogP contribution in [0, 0.1) is 34.6 Å². The van der Waals surface area contributed by atoms with Crippen molar-refractivity contribution < 1.29 is 40.3 Å². The lowest BCUT2D eigenvalue weighted by Gasteiger charge is -2.16. The highest BCUT2D eigenvalue weighted by Gasteiger charge is 2.44. The van der Waals surface area contributed by atoms with Gasteiger partial charge in [0.2, 0.25) is 0 Å². The van der Waals surface area contributed by atoms with E-state index in [1.807, 2.05) is 0 Å². The van der Waals surface area contributed by atoms with Gasteiger partial charge in [0, 0.05) is 0 Å². The monoisotopic (exact) mass is 329 g/mol. The standard InChI is InChI=1S/C12H6F7NO2/c1-2-22-11(21)4(3-20)5-7(13)9(15)6(12(17,18)19)10(16)8(5)14/h4H,2H2,1H3/t4-/m0/s1. The lowest BCUT2D eigenvalue weighted by atomic mass is 9.96. The molecule has 0 spiro atoms. The molecule has 1 rings (SSSR count). The molecule has 0 N–H and O–H groups in total. The van der Waals surface area contributed by atoms with E-state index in [4.69, 9.17) is 5.26 Å². The van der Waals surface area contributed by atoms with Crippen LogP contribution in [-0.4, -0.2) is 12.6 Å². The predicted molar refractivity (Wildman–Crippen MR) is 56.3 cm³/mol. The van der Waals surface area contributed by atoms with Crippen molar-refractivity contribution in [1.82, 2.24) is 0 Å². The third-order valence-electron chi connectivity index (χ3n) is 2.52. The molecule has 0 amide bonds. The summed E-state index contributed by atoms with van der Waals surface area (Å²) in [6, 6.07) is 1.03. The predicted octanol–water partition coefficient (Wildman–Crippen LogP) is 3.43. The smallest absolute Gasteiger partial charge is 0.422 e. The third kappa shape index (κ3) is 2.98. The summed E-state index contributed by atoms with van der Waals surface area (Å²) in [5.41, 5.74) is -4.56. The van der Waals surface area contributed by atoms with Gasteiger partial charge in [-0.15, -0.1) is 0 Å². The van der Waals surface area contributed by atoms with Crippen LogP contribution < -0.4 is 0 Å². The Labute approximate surface area is 118 Å². The van der Waals surface area contributed by atoms with Gasteiger partial charge in [-0.05, 0) is 6.92 Å². The average molecular weight is 329 g/mol. The quantitative estimate of drug-likeness (QED) is 0.485. The number of carbonyl (C=O) groups is 1. The Morgan fingerprint density at radius 3 is 1.91 bits per heavy atom. The molecule has 0 fully saturated rings. The minimum Gasteiger partial charge on any atom is -0.465 e. The summed E-state index contributed by atoms with van der Waals surface area (Å²) in [5, 5.41) is 8.69. The number of carbonyl (C=O) groups excluding carboxylic acids is 1. The topological polar surface area (TPSA) is 50.1 Å². The Balaban J connectivity index is 3.66. The number of alkyl halides is 3. The lowest BCUT2D eigenvalue weighted by molar-refractivity contribution is -0.143. The number of nitriles is 1. The Bertz CT molecular complexity index is 619. The zero-order valence-electron chi connectivity index (χ0n) is 10.7. The Morgan fingerprint density at radius 1 is 1.14 bits per heavy atom. The molecule has 3 nitrogen and oxygen atoms in total. The van der Waals surface area contributed by atoms with E-state index >= 15 is 0 Å². The van der Waals surface area contributed by atoms with E-state index < -0.39 is 52.5 Å². The molecule has 22 heavy (non-hydrogen) atoms. The number of ether oxygens (including phenoxy) is 1. The van der Waals surface area contributed by atoms with E-state index in [9.17, 15) is 35.5 Å². The molecular formula is C12H6F7NO2. The van der Waals surface area contributed by atoms with E-state index in [0.29, 0.717) is 0 Å². The van der Waals surface area contributed by atoms with Gasteiger partial charge < -0.3 is 4.74 Å². The second-order valence-corrected chi connectivity index (χ2v) is 3.86. The van der Waals surface area contributed by atoms with Gasteiger partial charge in [-0.1, -0.05) is 0 Å². The van der Waals surface area contributed by atoms with Crippen LogP contribution in [0.3, 0.4) is 0 Å². The van der Waals surface area contributed by atoms with Crippen LogP contribution in [0.25, 0.3) is 0 Å². The van der Waals surface area contributed by atoms with E-state index in [-0.39, 0.29) is 6.61 Å². The molecule has 0 aliphatic heterocycles. The molecule has 1 aromatic rings. The summed E-state index contributed by atoms with van der Waals surface area (Å²) in [5.74, 6) is -14.5. The van der Waals surface area contributed by atoms with Gasteiger partial charge in [0.15, 0.2) is 29.2 Å². The van der Waals surface area contributed by atoms with Crippen molar-refractivity contribution in [1.29, 1.82) is 5.26 Å². The maximum absolute atomic E-state index is 13.6. The molecule has 0 aliphatic rings. The number of halogens is 7. The van der Waals surface area contributed by atoms with Crippen molar-refractivity contribution >= 4 is 5.97 Å². The molecule has 0 saturated carbocycles. The Kier molecular flexibility index (Phi) is 5.01. The minimum atomic E-state index is -5.71. The van der Waals surface area contributed by atoms with Crippen molar-refractivity contribution in [2.24, 2.45) is 0 Å². The summed E-state index contributed by atoms with van der Waals surface area (Å²) in [7, 11) is 0. The molecular weight excluding hydrogens is 323 g/mol. The maximum Gasteiger partial charge on any atom is 0.422 e. The van der Waals surface area contributed by atoms with Gasteiger partial charge >= 0.3 is 12.1 Å². The summed E-state index contributed by atoms with van der Waals surface area (Å²) in [4.78, 5) is 11.3. The molecule has 0 saturated heterocycles. The van der Waals surface area contributed by atoms with Gasteiger partial charge in [-0.25, -0.2) is 17.6 Å². The van der Waals surface area contributed by atoms with Crippen LogP contribution in [0.1, 0.15) is 24.0 Å². The molecule has 0 aromatic heterocycles. The van der Waals surface area contributed by atoms with Crippen molar-refractivity contribution in [3.8, 4) is 6.07 Å². The highest BCUT2D eigenvalue weighted by molar-refractivity contribution is 5.81. The first-order valence-corrected chi connectivity index (χ1v) is 5.57. The molecule has 120 valence electrons. The van der Waals surface area contributed by atoms with Crippen LogP contribution in [0.2, 0.25) is 0 Å². The average Bonchev–Trinajstić information content (AvgIpc) is 2.40. The van der Waals surface area contributed by atoms with Crippen molar-refractivity contribution in [3.63, 3.8) is 0 Å². The van der Waals surface area contributed by atoms with Crippen molar-refractivity contribution in [3.05, 3.63) is 34.4 Å². The molecule has 1 atom stereocenters. The number of nitrogens with zero attached hydrogens (tertiary/aromatic N) is 1. The summed E-state index contributed by atoms with van der Waals surface area (Å²) >= 11 is 0. The van der Waals surface area contributed by atoms with E-state index in [1.165, 1.54) is 6.92 Å². The van der Waals surface area contributed by atoms with Gasteiger partial charge in [0.05, 0.1) is 18.2 Å². The first-order chi connectivity index (χ1) is 10.1. The van der Waals surface area contributed by atoms with Crippen LogP contribution in [-0.2, 0) is 15.7 Å². The van der Waals surface area contributed by atoms with E-state index in [0.717, 1.165) is 6.07 Å². The number of hydrogen-bond acceptors (Lipinski definition) is 3. The van der Waals surface area contributed by atoms with Crippen LogP contribution in [0.15, 0.2) is 0 Å². The summed E-state index contributed by atoms with van der Waals surface area (Å²) < 4.78 is 95.5. The molecule has 0 aliphatic carbocycles. The van der Waals surface area contributed by atoms with Gasteiger partial charge in [0.25, 0.3) is 0 Å². The first kappa shape index (κ1) is 17.7. The second-order valence-electron chi connectivity index (χ2n) is 3.86. The van der Waals surface area contributed by atoms with Gasteiger partial charge in [-0.2, -0.15) is 18.4 Å². The van der Waals surface area contributed by atoms with Gasteiger partial charge in [-0.3, -0.25) is 4.79 Å². The Morgan fingerprint density at radius 2 is 1.59 bits per heavy atom. The highest BCUT2D eigenvalue weighted by Crippen LogP contribution is 2.38. The first-order valence-electron chi connectivity index (χ1n) is 5.57. The summed E-state index contributed by atoms with van der Waals surface area (Å²) in [6.07, 6.45) is -5.71. The highest BCUT2D eigenvalue weighted by atomic mass is 19.4. The maximum atomic E-state index is 13.6. The zero-order valence-corrected chi connectivity index (χ0v) is 10.7. The number of hydrogen-bond donors (Lipinski definition) is 0. The molecule has 0 unspecified atom stereocenters. The minimum absolute atomic E-state index is 0.328. The third-order valence-corrected chi connectivity index (χ3v) is 2.52. The summed E-state index contributed by atoms with van der Waals surface area (Å²) in [6.45, 7) is 0.943.